The number of methoxy groups -OCH3 is 1. The minimum absolute atomic E-state index is 0.162. The van der Waals surface area contributed by atoms with Crippen LogP contribution in [0.5, 0.6) is 0 Å². The third-order valence-electron chi connectivity index (χ3n) is 4.91. The number of rotatable bonds is 7. The Morgan fingerprint density at radius 3 is 2.56 bits per heavy atom. The highest BCUT2D eigenvalue weighted by Gasteiger charge is 2.16. The van der Waals surface area contributed by atoms with Gasteiger partial charge in [-0.3, -0.25) is 4.79 Å². The second kappa shape index (κ2) is 9.37. The zero-order valence-electron chi connectivity index (χ0n) is 16.1. The predicted molar refractivity (Wildman–Crippen MR) is 110 cm³/mol. The molecule has 0 bridgehead atoms. The average molecular weight is 368 g/mol. The van der Waals surface area contributed by atoms with Crippen LogP contribution in [-0.2, 0) is 4.74 Å². The van der Waals surface area contributed by atoms with Gasteiger partial charge in [0.25, 0.3) is 5.91 Å². The second-order valence-electron chi connectivity index (χ2n) is 7.02. The summed E-state index contributed by atoms with van der Waals surface area (Å²) >= 11 is 0. The Balaban J connectivity index is 1.54. The summed E-state index contributed by atoms with van der Waals surface area (Å²) in [5, 5.41) is 6.06. The van der Waals surface area contributed by atoms with E-state index in [1.54, 1.807) is 25.4 Å². The molecule has 144 valence electrons. The molecule has 0 atom stereocenters. The van der Waals surface area contributed by atoms with Gasteiger partial charge < -0.3 is 20.3 Å². The van der Waals surface area contributed by atoms with Gasteiger partial charge in [0, 0.05) is 44.3 Å². The van der Waals surface area contributed by atoms with Crippen molar-refractivity contribution in [2.45, 2.75) is 19.8 Å². The highest BCUT2D eigenvalue weighted by molar-refractivity contribution is 6.04. The molecule has 0 aliphatic carbocycles. The van der Waals surface area contributed by atoms with Gasteiger partial charge in [-0.05, 0) is 55.2 Å². The van der Waals surface area contributed by atoms with E-state index in [4.69, 9.17) is 4.74 Å². The van der Waals surface area contributed by atoms with E-state index in [9.17, 15) is 4.79 Å². The quantitative estimate of drug-likeness (QED) is 0.731. The number of anilines is 3. The van der Waals surface area contributed by atoms with Crippen LogP contribution >= 0.6 is 0 Å². The zero-order chi connectivity index (χ0) is 19.1. The topological polar surface area (TPSA) is 66.5 Å². The van der Waals surface area contributed by atoms with Crippen LogP contribution in [0.2, 0.25) is 0 Å². The fourth-order valence-corrected chi connectivity index (χ4v) is 3.14. The lowest BCUT2D eigenvalue weighted by molar-refractivity contribution is 0.102. The van der Waals surface area contributed by atoms with Crippen molar-refractivity contribution in [2.24, 2.45) is 5.92 Å². The maximum atomic E-state index is 12.4. The number of hydrogen-bond donors (Lipinski definition) is 2. The number of benzene rings is 1. The Morgan fingerprint density at radius 1 is 1.19 bits per heavy atom. The molecule has 2 aromatic rings. The highest BCUT2D eigenvalue weighted by Crippen LogP contribution is 2.24. The molecule has 0 saturated carbocycles. The molecule has 6 heteroatoms. The lowest BCUT2D eigenvalue weighted by Crippen LogP contribution is -2.32. The molecular weight excluding hydrogens is 340 g/mol. The Morgan fingerprint density at radius 2 is 1.93 bits per heavy atom. The van der Waals surface area contributed by atoms with Gasteiger partial charge in [-0.15, -0.1) is 0 Å². The lowest BCUT2D eigenvalue weighted by atomic mass is 9.99. The fraction of sp³-hybridized carbons (Fsp3) is 0.429. The van der Waals surface area contributed by atoms with Crippen LogP contribution in [0.1, 0.15) is 30.1 Å². The predicted octanol–water partition coefficient (Wildman–Crippen LogP) is 3.63. The summed E-state index contributed by atoms with van der Waals surface area (Å²) in [5.41, 5.74) is 2.53. The summed E-state index contributed by atoms with van der Waals surface area (Å²) in [6.07, 6.45) is 4.05. The summed E-state index contributed by atoms with van der Waals surface area (Å²) < 4.78 is 4.99. The van der Waals surface area contributed by atoms with E-state index in [0.29, 0.717) is 18.7 Å². The number of carbonyl (C=O) groups excluding carboxylic acids is 1. The minimum atomic E-state index is -0.162. The lowest BCUT2D eigenvalue weighted by Gasteiger charge is -2.32. The van der Waals surface area contributed by atoms with Crippen molar-refractivity contribution in [3.8, 4) is 0 Å². The van der Waals surface area contributed by atoms with Crippen LogP contribution in [0.4, 0.5) is 17.2 Å². The van der Waals surface area contributed by atoms with Gasteiger partial charge in [-0.2, -0.15) is 0 Å². The molecule has 0 unspecified atom stereocenters. The summed E-state index contributed by atoms with van der Waals surface area (Å²) in [5.74, 6) is 1.38. The van der Waals surface area contributed by atoms with Gasteiger partial charge in [-0.1, -0.05) is 6.92 Å². The maximum Gasteiger partial charge on any atom is 0.257 e. The van der Waals surface area contributed by atoms with E-state index < -0.39 is 0 Å². The van der Waals surface area contributed by atoms with E-state index in [-0.39, 0.29) is 5.91 Å². The van der Waals surface area contributed by atoms with Crippen LogP contribution < -0.4 is 15.5 Å². The Bertz CT molecular complexity index is 723. The van der Waals surface area contributed by atoms with Gasteiger partial charge in [0.15, 0.2) is 0 Å². The number of ether oxygens (including phenoxy) is 1. The number of hydrogen-bond acceptors (Lipinski definition) is 5. The van der Waals surface area contributed by atoms with Gasteiger partial charge in [-0.25, -0.2) is 4.98 Å². The number of nitrogens with one attached hydrogen (secondary N) is 2. The molecule has 27 heavy (non-hydrogen) atoms. The van der Waals surface area contributed by atoms with Gasteiger partial charge >= 0.3 is 0 Å². The fourth-order valence-electron chi connectivity index (χ4n) is 3.14. The standard InChI is InChI=1S/C21H28N4O2/c1-16-9-12-25(13-10-16)19-6-4-18(5-7-19)24-21(26)17-3-8-20(23-15-17)22-11-14-27-2/h3-8,15-16H,9-14H2,1-2H3,(H,22,23)(H,24,26). The summed E-state index contributed by atoms with van der Waals surface area (Å²) in [4.78, 5) is 19.1. The maximum absolute atomic E-state index is 12.4. The van der Waals surface area contributed by atoms with Gasteiger partial charge in [0.05, 0.1) is 12.2 Å². The smallest absolute Gasteiger partial charge is 0.257 e. The molecule has 3 rings (SSSR count). The molecule has 1 aliphatic rings. The van der Waals surface area contributed by atoms with Crippen molar-refractivity contribution >= 4 is 23.1 Å². The van der Waals surface area contributed by atoms with Crippen molar-refractivity contribution < 1.29 is 9.53 Å². The van der Waals surface area contributed by atoms with Crippen molar-refractivity contribution in [1.82, 2.24) is 4.98 Å². The third kappa shape index (κ3) is 5.44. The second-order valence-corrected chi connectivity index (χ2v) is 7.02. The molecule has 1 amide bonds. The Hall–Kier alpha value is -2.60. The van der Waals surface area contributed by atoms with E-state index in [0.717, 1.165) is 30.5 Å². The Kier molecular flexibility index (Phi) is 6.65. The largest absolute Gasteiger partial charge is 0.383 e. The number of nitrogens with zero attached hydrogens (tertiary/aromatic N) is 2. The summed E-state index contributed by atoms with van der Waals surface area (Å²) in [6, 6.07) is 11.6. The molecule has 0 spiro atoms. The van der Waals surface area contributed by atoms with Crippen molar-refractivity contribution in [3.63, 3.8) is 0 Å². The van der Waals surface area contributed by atoms with Crippen molar-refractivity contribution in [2.75, 3.05) is 48.9 Å². The van der Waals surface area contributed by atoms with Crippen LogP contribution in [0, 0.1) is 5.92 Å². The van der Waals surface area contributed by atoms with Crippen LogP contribution in [-0.4, -0.2) is 44.2 Å². The highest BCUT2D eigenvalue weighted by atomic mass is 16.5. The van der Waals surface area contributed by atoms with Crippen molar-refractivity contribution in [1.29, 1.82) is 0 Å². The minimum Gasteiger partial charge on any atom is -0.383 e. The van der Waals surface area contributed by atoms with E-state index in [1.165, 1.54) is 18.5 Å². The molecule has 0 radical (unpaired) electrons. The molecule has 1 aromatic carbocycles. The third-order valence-corrected chi connectivity index (χ3v) is 4.91. The summed E-state index contributed by atoms with van der Waals surface area (Å²) in [7, 11) is 1.65. The van der Waals surface area contributed by atoms with Gasteiger partial charge in [0.1, 0.15) is 5.82 Å². The number of carbonyl (C=O) groups is 1. The molecular formula is C21H28N4O2. The SMILES string of the molecule is COCCNc1ccc(C(=O)Nc2ccc(N3CCC(C)CC3)cc2)cn1. The van der Waals surface area contributed by atoms with Crippen LogP contribution in [0.15, 0.2) is 42.6 Å². The summed E-state index contributed by atoms with van der Waals surface area (Å²) in [6.45, 7) is 5.80. The normalized spacial score (nSPS) is 14.8. The van der Waals surface area contributed by atoms with E-state index in [2.05, 4.69) is 39.6 Å². The molecule has 1 saturated heterocycles. The van der Waals surface area contributed by atoms with Crippen LogP contribution in [0.25, 0.3) is 0 Å². The molecule has 1 aromatic heterocycles. The van der Waals surface area contributed by atoms with Gasteiger partial charge in [0.2, 0.25) is 0 Å². The first-order chi connectivity index (χ1) is 13.2. The molecule has 2 heterocycles. The van der Waals surface area contributed by atoms with Crippen molar-refractivity contribution in [3.05, 3.63) is 48.2 Å². The monoisotopic (exact) mass is 368 g/mol. The molecule has 2 N–H and O–H groups in total. The molecule has 1 aliphatic heterocycles. The molecule has 1 fully saturated rings. The number of pyridine rings is 1. The van der Waals surface area contributed by atoms with Crippen LogP contribution in [0.3, 0.4) is 0 Å². The Labute approximate surface area is 160 Å². The average Bonchev–Trinajstić information content (AvgIpc) is 2.70. The van der Waals surface area contributed by atoms with E-state index >= 15 is 0 Å². The first-order valence-electron chi connectivity index (χ1n) is 9.51. The number of aromatic nitrogens is 1. The number of piperidine rings is 1. The zero-order valence-corrected chi connectivity index (χ0v) is 16.1. The number of amides is 1. The first kappa shape index (κ1) is 19.2. The molecule has 6 nitrogen and oxygen atoms in total. The van der Waals surface area contributed by atoms with E-state index in [1.807, 2.05) is 12.1 Å². The first-order valence-corrected chi connectivity index (χ1v) is 9.51.